The van der Waals surface area contributed by atoms with Gasteiger partial charge in [-0.3, -0.25) is 9.59 Å². The minimum Gasteiger partial charge on any atom is -0.462 e. The average Bonchev–Trinajstić information content (AvgIpc) is 2.94. The second kappa shape index (κ2) is 4.94. The number of hydrogen-bond donors (Lipinski definition) is 0. The highest BCUT2D eigenvalue weighted by Gasteiger charge is 2.59. The van der Waals surface area contributed by atoms with Crippen LogP contribution < -0.4 is 0 Å². The zero-order valence-corrected chi connectivity index (χ0v) is 14.6. The van der Waals surface area contributed by atoms with Crippen molar-refractivity contribution in [3.8, 4) is 0 Å². The Morgan fingerprint density at radius 1 is 1.13 bits per heavy atom. The number of fused-ring (bicyclic) bond motifs is 5. The molecule has 0 radical (unpaired) electrons. The molecule has 0 aromatic heterocycles. The van der Waals surface area contributed by atoms with Gasteiger partial charge in [0.05, 0.1) is 0 Å². The molecule has 4 aliphatic rings. The SMILES string of the molecule is CC(=O)O[C@@H]1CC[C@]2(C)C(=C[C@H]3[C@H]2CC[C@@]2(C)C(=O)CC[C@@H]32)C1. The van der Waals surface area contributed by atoms with Crippen molar-refractivity contribution in [3.63, 3.8) is 0 Å². The third-order valence-corrected chi connectivity index (χ3v) is 7.75. The third-order valence-electron chi connectivity index (χ3n) is 7.75. The van der Waals surface area contributed by atoms with E-state index in [0.717, 1.165) is 38.5 Å². The van der Waals surface area contributed by atoms with Crippen LogP contribution in [0.2, 0.25) is 0 Å². The van der Waals surface area contributed by atoms with Crippen molar-refractivity contribution < 1.29 is 14.3 Å². The molecule has 6 atom stereocenters. The van der Waals surface area contributed by atoms with Gasteiger partial charge in [0.25, 0.3) is 0 Å². The molecule has 23 heavy (non-hydrogen) atoms. The van der Waals surface area contributed by atoms with Crippen LogP contribution in [0.4, 0.5) is 0 Å². The summed E-state index contributed by atoms with van der Waals surface area (Å²) in [6.45, 7) is 6.15. The Kier molecular flexibility index (Phi) is 3.31. The van der Waals surface area contributed by atoms with E-state index in [1.165, 1.54) is 18.9 Å². The summed E-state index contributed by atoms with van der Waals surface area (Å²) in [6.07, 6.45) is 9.67. The van der Waals surface area contributed by atoms with Crippen LogP contribution in [0.15, 0.2) is 11.6 Å². The highest BCUT2D eigenvalue weighted by atomic mass is 16.5. The molecule has 3 heteroatoms. The van der Waals surface area contributed by atoms with Crippen LogP contribution >= 0.6 is 0 Å². The van der Waals surface area contributed by atoms with Crippen molar-refractivity contribution in [1.82, 2.24) is 0 Å². The van der Waals surface area contributed by atoms with Gasteiger partial charge in [-0.15, -0.1) is 0 Å². The number of ketones is 1. The molecule has 0 saturated heterocycles. The Hall–Kier alpha value is -1.12. The van der Waals surface area contributed by atoms with Crippen molar-refractivity contribution in [1.29, 1.82) is 0 Å². The van der Waals surface area contributed by atoms with Gasteiger partial charge in [0.2, 0.25) is 0 Å². The number of hydrogen-bond acceptors (Lipinski definition) is 3. The topological polar surface area (TPSA) is 43.4 Å². The first-order valence-electron chi connectivity index (χ1n) is 9.26. The second-order valence-electron chi connectivity index (χ2n) is 8.79. The van der Waals surface area contributed by atoms with Gasteiger partial charge in [0.1, 0.15) is 11.9 Å². The first-order valence-corrected chi connectivity index (χ1v) is 9.26. The van der Waals surface area contributed by atoms with E-state index in [0.29, 0.717) is 23.5 Å². The maximum absolute atomic E-state index is 12.4. The monoisotopic (exact) mass is 316 g/mol. The number of esters is 1. The Bertz CT molecular complexity index is 592. The summed E-state index contributed by atoms with van der Waals surface area (Å²) in [5.41, 5.74) is 1.71. The van der Waals surface area contributed by atoms with Crippen LogP contribution in [0.3, 0.4) is 0 Å². The smallest absolute Gasteiger partial charge is 0.302 e. The molecule has 0 N–H and O–H groups in total. The summed E-state index contributed by atoms with van der Waals surface area (Å²) < 4.78 is 5.49. The van der Waals surface area contributed by atoms with E-state index < -0.39 is 0 Å². The maximum Gasteiger partial charge on any atom is 0.302 e. The predicted octanol–water partition coefficient (Wildman–Crippen LogP) is 4.06. The molecule has 0 unspecified atom stereocenters. The minimum atomic E-state index is -0.163. The molecule has 0 bridgehead atoms. The molecule has 3 nitrogen and oxygen atoms in total. The molecule has 126 valence electrons. The molecular weight excluding hydrogens is 288 g/mol. The van der Waals surface area contributed by atoms with Gasteiger partial charge < -0.3 is 4.74 Å². The standard InChI is InChI=1S/C20H28O3/c1-12(21)23-14-6-8-19(2)13(10-14)11-15-16-4-5-18(22)20(16,3)9-7-17(15)19/h11,14-17H,4-10H2,1-3H3/t14-,15-,16+,17-,19-,20-/m1/s1. The Labute approximate surface area is 138 Å². The summed E-state index contributed by atoms with van der Waals surface area (Å²) in [4.78, 5) is 23.7. The van der Waals surface area contributed by atoms with Crippen LogP contribution in [0.1, 0.15) is 65.7 Å². The Morgan fingerprint density at radius 2 is 1.83 bits per heavy atom. The fourth-order valence-corrected chi connectivity index (χ4v) is 6.39. The summed E-state index contributed by atoms with van der Waals surface area (Å²) in [5, 5.41) is 0. The van der Waals surface area contributed by atoms with Crippen molar-refractivity contribution >= 4 is 11.8 Å². The lowest BCUT2D eigenvalue weighted by molar-refractivity contribution is -0.148. The molecule has 3 fully saturated rings. The van der Waals surface area contributed by atoms with E-state index in [2.05, 4.69) is 19.9 Å². The summed E-state index contributed by atoms with van der Waals surface area (Å²) in [5.74, 6) is 2.13. The van der Waals surface area contributed by atoms with Crippen molar-refractivity contribution in [2.45, 2.75) is 71.8 Å². The number of carbonyl (C=O) groups excluding carboxylic acids is 2. The van der Waals surface area contributed by atoms with Gasteiger partial charge >= 0.3 is 5.97 Å². The molecular formula is C20H28O3. The summed E-state index contributed by atoms with van der Waals surface area (Å²) >= 11 is 0. The predicted molar refractivity (Wildman–Crippen MR) is 87.6 cm³/mol. The van der Waals surface area contributed by atoms with Crippen LogP contribution in [-0.4, -0.2) is 17.9 Å². The third kappa shape index (κ3) is 2.08. The van der Waals surface area contributed by atoms with E-state index in [9.17, 15) is 9.59 Å². The zero-order valence-electron chi connectivity index (χ0n) is 14.6. The molecule has 0 amide bonds. The van der Waals surface area contributed by atoms with Gasteiger partial charge in [-0.2, -0.15) is 0 Å². The molecule has 0 spiro atoms. The lowest BCUT2D eigenvalue weighted by atomic mass is 9.55. The number of allylic oxidation sites excluding steroid dienone is 1. The Morgan fingerprint density at radius 3 is 2.57 bits per heavy atom. The number of Topliss-reactive ketones (excluding diaryl/α,β-unsaturated/α-hetero) is 1. The van der Waals surface area contributed by atoms with Gasteiger partial charge in [-0.25, -0.2) is 0 Å². The lowest BCUT2D eigenvalue weighted by Crippen LogP contribution is -2.44. The molecule has 0 aromatic carbocycles. The Balaban J connectivity index is 1.62. The van der Waals surface area contributed by atoms with E-state index >= 15 is 0 Å². The lowest BCUT2D eigenvalue weighted by Gasteiger charge is -2.49. The highest BCUT2D eigenvalue weighted by molar-refractivity contribution is 5.87. The van der Waals surface area contributed by atoms with Crippen LogP contribution in [0, 0.1) is 28.6 Å². The van der Waals surface area contributed by atoms with E-state index in [-0.39, 0.29) is 22.9 Å². The van der Waals surface area contributed by atoms with Crippen LogP contribution in [-0.2, 0) is 14.3 Å². The number of ether oxygens (including phenoxy) is 1. The normalized spacial score (nSPS) is 48.3. The number of rotatable bonds is 1. The van der Waals surface area contributed by atoms with E-state index in [1.54, 1.807) is 0 Å². The molecule has 4 aliphatic carbocycles. The first-order chi connectivity index (χ1) is 10.8. The first kappa shape index (κ1) is 15.4. The second-order valence-corrected chi connectivity index (χ2v) is 8.79. The highest BCUT2D eigenvalue weighted by Crippen LogP contribution is 2.65. The fraction of sp³-hybridized carbons (Fsp3) is 0.800. The quantitative estimate of drug-likeness (QED) is 0.541. The average molecular weight is 316 g/mol. The van der Waals surface area contributed by atoms with Gasteiger partial charge in [-0.1, -0.05) is 25.5 Å². The minimum absolute atomic E-state index is 0.0589. The summed E-state index contributed by atoms with van der Waals surface area (Å²) in [7, 11) is 0. The fourth-order valence-electron chi connectivity index (χ4n) is 6.39. The van der Waals surface area contributed by atoms with Crippen molar-refractivity contribution in [2.75, 3.05) is 0 Å². The van der Waals surface area contributed by atoms with Gasteiger partial charge in [-0.05, 0) is 55.3 Å². The molecule has 3 saturated carbocycles. The summed E-state index contributed by atoms with van der Waals surface area (Å²) in [6, 6.07) is 0. The maximum atomic E-state index is 12.4. The van der Waals surface area contributed by atoms with Crippen LogP contribution in [0.5, 0.6) is 0 Å². The molecule has 0 aliphatic heterocycles. The van der Waals surface area contributed by atoms with E-state index in [4.69, 9.17) is 4.74 Å². The molecule has 4 rings (SSSR count). The molecule has 0 heterocycles. The van der Waals surface area contributed by atoms with E-state index in [1.807, 2.05) is 0 Å². The number of carbonyl (C=O) groups is 2. The van der Waals surface area contributed by atoms with Crippen molar-refractivity contribution in [2.24, 2.45) is 28.6 Å². The van der Waals surface area contributed by atoms with Gasteiger partial charge in [0.15, 0.2) is 0 Å². The zero-order chi connectivity index (χ0) is 16.4. The largest absolute Gasteiger partial charge is 0.462 e. The van der Waals surface area contributed by atoms with Gasteiger partial charge in [0, 0.05) is 25.2 Å². The molecule has 0 aromatic rings. The van der Waals surface area contributed by atoms with Crippen LogP contribution in [0.25, 0.3) is 0 Å². The van der Waals surface area contributed by atoms with Crippen molar-refractivity contribution in [3.05, 3.63) is 11.6 Å².